The first-order valence-corrected chi connectivity index (χ1v) is 6.89. The third-order valence-corrected chi connectivity index (χ3v) is 4.20. The molecule has 0 bridgehead atoms. The molecule has 0 saturated carbocycles. The van der Waals surface area contributed by atoms with Crippen LogP contribution in [0.1, 0.15) is 33.1 Å². The summed E-state index contributed by atoms with van der Waals surface area (Å²) in [4.78, 5) is 13.5. The van der Waals surface area contributed by atoms with Crippen molar-refractivity contribution >= 4 is 17.7 Å². The average molecular weight is 231 g/mol. The molecule has 88 valence electrons. The maximum absolute atomic E-state index is 11.3. The number of rotatable bonds is 6. The van der Waals surface area contributed by atoms with Gasteiger partial charge in [0.2, 0.25) is 0 Å². The third-order valence-electron chi connectivity index (χ3n) is 3.32. The van der Waals surface area contributed by atoms with E-state index in [1.807, 2.05) is 18.7 Å². The molecule has 0 spiro atoms. The fraction of sp³-hybridized carbons (Fsp3) is 0.909. The zero-order valence-corrected chi connectivity index (χ0v) is 10.5. The molecule has 0 aliphatic carbocycles. The van der Waals surface area contributed by atoms with Gasteiger partial charge in [0.25, 0.3) is 0 Å². The summed E-state index contributed by atoms with van der Waals surface area (Å²) >= 11 is 1.88. The quantitative estimate of drug-likeness (QED) is 0.710. The van der Waals surface area contributed by atoms with Crippen molar-refractivity contribution in [3.05, 3.63) is 0 Å². The normalized spacial score (nSPS) is 27.1. The lowest BCUT2D eigenvalue weighted by Gasteiger charge is -2.33. The molecule has 15 heavy (non-hydrogen) atoms. The number of carbonyl (C=O) groups is 1. The van der Waals surface area contributed by atoms with E-state index in [9.17, 15) is 9.90 Å². The summed E-state index contributed by atoms with van der Waals surface area (Å²) in [6, 6.07) is 0. The van der Waals surface area contributed by atoms with Gasteiger partial charge >= 0.3 is 5.97 Å². The molecular formula is C11H21NO2S. The van der Waals surface area contributed by atoms with E-state index in [2.05, 4.69) is 11.8 Å². The van der Waals surface area contributed by atoms with Gasteiger partial charge in [-0.3, -0.25) is 9.69 Å². The maximum atomic E-state index is 11.3. The highest BCUT2D eigenvalue weighted by molar-refractivity contribution is 7.99. The second-order valence-electron chi connectivity index (χ2n) is 3.98. The second kappa shape index (κ2) is 5.75. The van der Waals surface area contributed by atoms with Gasteiger partial charge in [-0.15, -0.1) is 0 Å². The molecule has 1 aliphatic rings. The van der Waals surface area contributed by atoms with Crippen LogP contribution in [0, 0.1) is 0 Å². The Kier molecular flexibility index (Phi) is 4.93. The molecule has 1 heterocycles. The molecule has 4 heteroatoms. The summed E-state index contributed by atoms with van der Waals surface area (Å²) in [5, 5.41) is 9.34. The Morgan fingerprint density at radius 3 is 2.80 bits per heavy atom. The van der Waals surface area contributed by atoms with Crippen molar-refractivity contribution in [2.45, 2.75) is 38.6 Å². The molecule has 1 unspecified atom stereocenters. The Labute approximate surface area is 96.2 Å². The summed E-state index contributed by atoms with van der Waals surface area (Å²) in [7, 11) is 0. The largest absolute Gasteiger partial charge is 0.480 e. The number of thioether (sulfide) groups is 1. The van der Waals surface area contributed by atoms with Crippen molar-refractivity contribution in [3.63, 3.8) is 0 Å². The smallest absolute Gasteiger partial charge is 0.324 e. The van der Waals surface area contributed by atoms with Crippen molar-refractivity contribution in [1.29, 1.82) is 0 Å². The van der Waals surface area contributed by atoms with Crippen molar-refractivity contribution < 1.29 is 9.90 Å². The lowest BCUT2D eigenvalue weighted by Crippen LogP contribution is -2.50. The van der Waals surface area contributed by atoms with Crippen LogP contribution in [0.5, 0.6) is 0 Å². The van der Waals surface area contributed by atoms with Gasteiger partial charge in [0, 0.05) is 12.3 Å². The van der Waals surface area contributed by atoms with Crippen molar-refractivity contribution in [2.75, 3.05) is 24.6 Å². The Balaban J connectivity index is 2.57. The van der Waals surface area contributed by atoms with Gasteiger partial charge in [-0.25, -0.2) is 0 Å². The minimum absolute atomic E-state index is 0.561. The van der Waals surface area contributed by atoms with E-state index >= 15 is 0 Å². The van der Waals surface area contributed by atoms with Crippen molar-refractivity contribution in [1.82, 2.24) is 4.90 Å². The van der Waals surface area contributed by atoms with Crippen molar-refractivity contribution in [3.8, 4) is 0 Å². The lowest BCUT2D eigenvalue weighted by atomic mass is 9.93. The molecule has 3 nitrogen and oxygen atoms in total. The van der Waals surface area contributed by atoms with E-state index in [0.717, 1.165) is 43.9 Å². The fourth-order valence-electron chi connectivity index (χ4n) is 2.37. The summed E-state index contributed by atoms with van der Waals surface area (Å²) in [5.41, 5.74) is -0.561. The standard InChI is InChI=1S/C11H21NO2S/c1-3-11(10(13)14)6-5-7-12(11)8-9-15-4-2/h3-9H2,1-2H3,(H,13,14). The van der Waals surface area contributed by atoms with Crippen LogP contribution in [0.15, 0.2) is 0 Å². The Bertz CT molecular complexity index is 223. The summed E-state index contributed by atoms with van der Waals surface area (Å²) in [6.07, 6.45) is 2.56. The number of likely N-dealkylation sites (tertiary alicyclic amines) is 1. The highest BCUT2D eigenvalue weighted by Crippen LogP contribution is 2.32. The van der Waals surface area contributed by atoms with E-state index < -0.39 is 11.5 Å². The van der Waals surface area contributed by atoms with Crippen LogP contribution in [0.2, 0.25) is 0 Å². The fourth-order valence-corrected chi connectivity index (χ4v) is 3.01. The van der Waals surface area contributed by atoms with Gasteiger partial charge in [0.1, 0.15) is 5.54 Å². The number of carboxylic acid groups (broad SMARTS) is 1. The van der Waals surface area contributed by atoms with E-state index in [0.29, 0.717) is 0 Å². The van der Waals surface area contributed by atoms with Crippen LogP contribution in [0.4, 0.5) is 0 Å². The molecule has 1 atom stereocenters. The lowest BCUT2D eigenvalue weighted by molar-refractivity contribution is -0.149. The molecule has 1 rings (SSSR count). The van der Waals surface area contributed by atoms with Gasteiger partial charge in [0.15, 0.2) is 0 Å². The van der Waals surface area contributed by atoms with Crippen LogP contribution in [-0.4, -0.2) is 46.1 Å². The van der Waals surface area contributed by atoms with Gasteiger partial charge in [-0.05, 0) is 31.6 Å². The minimum Gasteiger partial charge on any atom is -0.480 e. The molecule has 1 saturated heterocycles. The highest BCUT2D eigenvalue weighted by Gasteiger charge is 2.45. The number of nitrogens with zero attached hydrogens (tertiary/aromatic N) is 1. The first-order chi connectivity index (χ1) is 7.17. The van der Waals surface area contributed by atoms with Gasteiger partial charge in [-0.1, -0.05) is 13.8 Å². The Hall–Kier alpha value is -0.220. The van der Waals surface area contributed by atoms with E-state index in [4.69, 9.17) is 0 Å². The maximum Gasteiger partial charge on any atom is 0.324 e. The zero-order valence-electron chi connectivity index (χ0n) is 9.66. The zero-order chi connectivity index (χ0) is 11.3. The van der Waals surface area contributed by atoms with Crippen LogP contribution >= 0.6 is 11.8 Å². The Morgan fingerprint density at radius 1 is 1.53 bits per heavy atom. The van der Waals surface area contributed by atoms with E-state index in [1.165, 1.54) is 0 Å². The van der Waals surface area contributed by atoms with Gasteiger partial charge in [-0.2, -0.15) is 11.8 Å². The predicted molar refractivity (Wildman–Crippen MR) is 64.5 cm³/mol. The molecule has 1 N–H and O–H groups in total. The molecular weight excluding hydrogens is 210 g/mol. The van der Waals surface area contributed by atoms with Gasteiger partial charge < -0.3 is 5.11 Å². The van der Waals surface area contributed by atoms with Crippen LogP contribution in [0.3, 0.4) is 0 Å². The first kappa shape index (κ1) is 12.8. The molecule has 0 aromatic carbocycles. The number of aliphatic carboxylic acids is 1. The molecule has 0 aromatic rings. The Morgan fingerprint density at radius 2 is 2.27 bits per heavy atom. The second-order valence-corrected chi connectivity index (χ2v) is 5.37. The van der Waals surface area contributed by atoms with Crippen LogP contribution < -0.4 is 0 Å². The SMILES string of the molecule is CCSCCN1CCCC1(CC)C(=O)O. The highest BCUT2D eigenvalue weighted by atomic mass is 32.2. The monoisotopic (exact) mass is 231 g/mol. The number of carboxylic acids is 1. The average Bonchev–Trinajstić information content (AvgIpc) is 2.62. The third kappa shape index (κ3) is 2.67. The summed E-state index contributed by atoms with van der Waals surface area (Å²) in [6.45, 7) is 5.99. The number of hydrogen-bond acceptors (Lipinski definition) is 3. The molecule has 0 amide bonds. The topological polar surface area (TPSA) is 40.5 Å². The van der Waals surface area contributed by atoms with Crippen LogP contribution in [-0.2, 0) is 4.79 Å². The molecule has 0 radical (unpaired) electrons. The van der Waals surface area contributed by atoms with E-state index in [-0.39, 0.29) is 0 Å². The molecule has 1 aliphatic heterocycles. The van der Waals surface area contributed by atoms with Crippen LogP contribution in [0.25, 0.3) is 0 Å². The predicted octanol–water partition coefficient (Wildman–Crippen LogP) is 2.07. The molecule has 0 aromatic heterocycles. The first-order valence-electron chi connectivity index (χ1n) is 5.73. The molecule has 1 fully saturated rings. The minimum atomic E-state index is -0.635. The van der Waals surface area contributed by atoms with Crippen molar-refractivity contribution in [2.24, 2.45) is 0 Å². The number of hydrogen-bond donors (Lipinski definition) is 1. The van der Waals surface area contributed by atoms with E-state index in [1.54, 1.807) is 0 Å². The van der Waals surface area contributed by atoms with Gasteiger partial charge in [0.05, 0.1) is 0 Å². The summed E-state index contributed by atoms with van der Waals surface area (Å²) in [5.74, 6) is 1.52. The summed E-state index contributed by atoms with van der Waals surface area (Å²) < 4.78 is 0.